The number of hydrogen-bond donors (Lipinski definition) is 1. The molecule has 132 valence electrons. The summed E-state index contributed by atoms with van der Waals surface area (Å²) in [6, 6.07) is 4.70. The van der Waals surface area contributed by atoms with E-state index in [4.69, 9.17) is 4.52 Å². The van der Waals surface area contributed by atoms with Crippen molar-refractivity contribution in [1.82, 2.24) is 15.1 Å². The highest BCUT2D eigenvalue weighted by atomic mass is 32.2. The number of fused-ring (bicyclic) bond motifs is 1. The van der Waals surface area contributed by atoms with E-state index in [1.165, 1.54) is 29.2 Å². The molecule has 0 aliphatic rings. The van der Waals surface area contributed by atoms with E-state index in [2.05, 4.69) is 20.4 Å². The van der Waals surface area contributed by atoms with Crippen LogP contribution in [0.25, 0.3) is 10.2 Å². The van der Waals surface area contributed by atoms with E-state index < -0.39 is 9.84 Å². The lowest BCUT2D eigenvalue weighted by atomic mass is 10.3. The molecular formula is C14H14N4O4S3. The lowest BCUT2D eigenvalue weighted by molar-refractivity contribution is -0.113. The predicted molar refractivity (Wildman–Crippen MR) is 96.6 cm³/mol. The molecule has 0 fully saturated rings. The normalized spacial score (nSPS) is 11.8. The number of anilines is 1. The van der Waals surface area contributed by atoms with Crippen molar-refractivity contribution in [1.29, 1.82) is 0 Å². The van der Waals surface area contributed by atoms with E-state index in [1.54, 1.807) is 19.1 Å². The topological polar surface area (TPSA) is 115 Å². The summed E-state index contributed by atoms with van der Waals surface area (Å²) in [5, 5.41) is 6.90. The van der Waals surface area contributed by atoms with Gasteiger partial charge in [-0.3, -0.25) is 4.79 Å². The molecule has 2 aromatic heterocycles. The molecule has 1 aromatic carbocycles. The van der Waals surface area contributed by atoms with Crippen molar-refractivity contribution in [3.8, 4) is 0 Å². The predicted octanol–water partition coefficient (Wildman–Crippen LogP) is 2.26. The van der Waals surface area contributed by atoms with Crippen LogP contribution in [-0.2, 0) is 20.4 Å². The molecule has 11 heteroatoms. The summed E-state index contributed by atoms with van der Waals surface area (Å²) >= 11 is 2.59. The number of amides is 1. The number of hydrogen-bond acceptors (Lipinski definition) is 9. The van der Waals surface area contributed by atoms with Crippen LogP contribution >= 0.6 is 23.1 Å². The van der Waals surface area contributed by atoms with Crippen LogP contribution in [0, 0.1) is 6.92 Å². The summed E-state index contributed by atoms with van der Waals surface area (Å²) in [7, 11) is -3.28. The number of carbonyl (C=O) groups excluding carboxylic acids is 1. The second-order valence-corrected chi connectivity index (χ2v) is 9.22. The molecule has 1 amide bonds. The van der Waals surface area contributed by atoms with Gasteiger partial charge in [-0.1, -0.05) is 16.5 Å². The molecule has 25 heavy (non-hydrogen) atoms. The summed E-state index contributed by atoms with van der Waals surface area (Å²) in [5.41, 5.74) is 0.641. The first-order valence-electron chi connectivity index (χ1n) is 7.09. The standard InChI is InChI=1S/C14H14N4O4S3/c1-8-15-12(18-22-8)6-23-7-13(19)17-14-16-10-4-3-9(25(2,20)21)5-11(10)24-14/h3-5H,6-7H2,1-2H3,(H,16,17,19). The fourth-order valence-electron chi connectivity index (χ4n) is 1.98. The van der Waals surface area contributed by atoms with Gasteiger partial charge in [0.05, 0.1) is 26.6 Å². The Bertz CT molecular complexity index is 1030. The summed E-state index contributed by atoms with van der Waals surface area (Å²) in [4.78, 5) is 20.6. The first-order valence-corrected chi connectivity index (χ1v) is 10.9. The molecule has 8 nitrogen and oxygen atoms in total. The summed E-state index contributed by atoms with van der Waals surface area (Å²) in [6.07, 6.45) is 1.15. The minimum atomic E-state index is -3.28. The molecule has 0 bridgehead atoms. The lowest BCUT2D eigenvalue weighted by Crippen LogP contribution is -2.13. The van der Waals surface area contributed by atoms with E-state index in [1.807, 2.05) is 0 Å². The Hall–Kier alpha value is -1.98. The summed E-state index contributed by atoms with van der Waals surface area (Å²) in [6.45, 7) is 1.70. The van der Waals surface area contributed by atoms with E-state index in [-0.39, 0.29) is 16.6 Å². The molecule has 0 radical (unpaired) electrons. The molecule has 0 aliphatic heterocycles. The van der Waals surface area contributed by atoms with Gasteiger partial charge in [-0.2, -0.15) is 4.98 Å². The van der Waals surface area contributed by atoms with Crippen LogP contribution in [-0.4, -0.2) is 41.5 Å². The number of thiazole rings is 1. The third-order valence-electron chi connectivity index (χ3n) is 3.07. The number of nitrogens with zero attached hydrogens (tertiary/aromatic N) is 3. The monoisotopic (exact) mass is 398 g/mol. The minimum absolute atomic E-state index is 0.201. The van der Waals surface area contributed by atoms with Gasteiger partial charge in [-0.05, 0) is 18.2 Å². The van der Waals surface area contributed by atoms with Crippen LogP contribution in [0.15, 0.2) is 27.6 Å². The van der Waals surface area contributed by atoms with E-state index in [0.717, 1.165) is 6.26 Å². The Morgan fingerprint density at radius 3 is 2.84 bits per heavy atom. The third kappa shape index (κ3) is 4.55. The Balaban J connectivity index is 1.61. The van der Waals surface area contributed by atoms with Gasteiger partial charge in [0.15, 0.2) is 20.8 Å². The minimum Gasteiger partial charge on any atom is -0.340 e. The molecular weight excluding hydrogens is 384 g/mol. The molecule has 1 N–H and O–H groups in total. The molecule has 3 rings (SSSR count). The maximum absolute atomic E-state index is 12.0. The van der Waals surface area contributed by atoms with Crippen LogP contribution in [0.4, 0.5) is 5.13 Å². The van der Waals surface area contributed by atoms with Crippen molar-refractivity contribution < 1.29 is 17.7 Å². The largest absolute Gasteiger partial charge is 0.340 e. The fraction of sp³-hybridized carbons (Fsp3) is 0.286. The zero-order valence-electron chi connectivity index (χ0n) is 13.3. The number of nitrogens with one attached hydrogen (secondary N) is 1. The highest BCUT2D eigenvalue weighted by molar-refractivity contribution is 7.99. The molecule has 0 saturated heterocycles. The van der Waals surface area contributed by atoms with Gasteiger partial charge in [0.25, 0.3) is 0 Å². The molecule has 0 spiro atoms. The Morgan fingerprint density at radius 2 is 2.16 bits per heavy atom. The Labute approximate surface area is 151 Å². The Kier molecular flexibility index (Phi) is 5.06. The summed E-state index contributed by atoms with van der Waals surface area (Å²) in [5.74, 6) is 1.53. The number of aromatic nitrogens is 3. The smallest absolute Gasteiger partial charge is 0.236 e. The molecule has 2 heterocycles. The van der Waals surface area contributed by atoms with Crippen LogP contribution in [0.1, 0.15) is 11.7 Å². The van der Waals surface area contributed by atoms with Gasteiger partial charge in [0, 0.05) is 13.2 Å². The maximum atomic E-state index is 12.0. The van der Waals surface area contributed by atoms with Crippen molar-refractivity contribution in [2.24, 2.45) is 0 Å². The van der Waals surface area contributed by atoms with Gasteiger partial charge in [0.2, 0.25) is 11.8 Å². The highest BCUT2D eigenvalue weighted by Gasteiger charge is 2.12. The van der Waals surface area contributed by atoms with Crippen molar-refractivity contribution in [3.63, 3.8) is 0 Å². The second kappa shape index (κ2) is 7.10. The highest BCUT2D eigenvalue weighted by Crippen LogP contribution is 2.28. The molecule has 0 unspecified atom stereocenters. The number of carbonyl (C=O) groups is 1. The van der Waals surface area contributed by atoms with Crippen LogP contribution < -0.4 is 5.32 Å². The molecule has 0 atom stereocenters. The SMILES string of the molecule is Cc1nc(CSCC(=O)Nc2nc3ccc(S(C)(=O)=O)cc3s2)no1. The Morgan fingerprint density at radius 1 is 1.36 bits per heavy atom. The van der Waals surface area contributed by atoms with E-state index in [9.17, 15) is 13.2 Å². The van der Waals surface area contributed by atoms with Crippen LogP contribution in [0.3, 0.4) is 0 Å². The number of aryl methyl sites for hydroxylation is 1. The number of benzene rings is 1. The fourth-order valence-corrected chi connectivity index (χ4v) is 4.28. The first kappa shape index (κ1) is 17.8. The average molecular weight is 398 g/mol. The first-order chi connectivity index (χ1) is 11.8. The van der Waals surface area contributed by atoms with Gasteiger partial charge in [0.1, 0.15) is 0 Å². The average Bonchev–Trinajstić information content (AvgIpc) is 3.11. The van der Waals surface area contributed by atoms with Gasteiger partial charge < -0.3 is 9.84 Å². The van der Waals surface area contributed by atoms with Crippen molar-refractivity contribution in [2.75, 3.05) is 17.3 Å². The zero-order valence-corrected chi connectivity index (χ0v) is 15.8. The van der Waals surface area contributed by atoms with Gasteiger partial charge in [-0.15, -0.1) is 11.8 Å². The zero-order chi connectivity index (χ0) is 18.0. The van der Waals surface area contributed by atoms with E-state index >= 15 is 0 Å². The molecule has 0 saturated carbocycles. The van der Waals surface area contributed by atoms with E-state index in [0.29, 0.717) is 32.8 Å². The number of sulfone groups is 1. The van der Waals surface area contributed by atoms with Crippen molar-refractivity contribution in [2.45, 2.75) is 17.6 Å². The van der Waals surface area contributed by atoms with Crippen LogP contribution in [0.2, 0.25) is 0 Å². The second-order valence-electron chi connectivity index (χ2n) is 5.19. The maximum Gasteiger partial charge on any atom is 0.236 e. The third-order valence-corrected chi connectivity index (χ3v) is 6.04. The lowest BCUT2D eigenvalue weighted by Gasteiger charge is -1.99. The van der Waals surface area contributed by atoms with Gasteiger partial charge in [-0.25, -0.2) is 13.4 Å². The number of rotatable bonds is 6. The molecule has 0 aliphatic carbocycles. The van der Waals surface area contributed by atoms with Crippen molar-refractivity contribution in [3.05, 3.63) is 29.9 Å². The van der Waals surface area contributed by atoms with Gasteiger partial charge >= 0.3 is 0 Å². The number of thioether (sulfide) groups is 1. The molecule has 3 aromatic rings. The quantitative estimate of drug-likeness (QED) is 0.672. The van der Waals surface area contributed by atoms with Crippen molar-refractivity contribution >= 4 is 54.2 Å². The summed E-state index contributed by atoms with van der Waals surface area (Å²) < 4.78 is 28.7. The van der Waals surface area contributed by atoms with Crippen LogP contribution in [0.5, 0.6) is 0 Å².